The lowest BCUT2D eigenvalue weighted by Gasteiger charge is -2.27. The van der Waals surface area contributed by atoms with Crippen molar-refractivity contribution in [2.45, 2.75) is 57.5 Å². The molecule has 3 nitrogen and oxygen atoms in total. The van der Waals surface area contributed by atoms with Gasteiger partial charge in [-0.3, -0.25) is 9.58 Å². The zero-order valence-corrected chi connectivity index (χ0v) is 10.7. The molecule has 1 saturated carbocycles. The molecular weight excluding hydrogens is 210 g/mol. The van der Waals surface area contributed by atoms with Gasteiger partial charge in [0.2, 0.25) is 0 Å². The summed E-state index contributed by atoms with van der Waals surface area (Å²) in [6, 6.07) is 0.746. The van der Waals surface area contributed by atoms with Crippen molar-refractivity contribution in [3.63, 3.8) is 0 Å². The molecule has 1 saturated heterocycles. The van der Waals surface area contributed by atoms with E-state index >= 15 is 0 Å². The van der Waals surface area contributed by atoms with Crippen LogP contribution < -0.4 is 0 Å². The van der Waals surface area contributed by atoms with Crippen molar-refractivity contribution in [2.75, 3.05) is 13.1 Å². The van der Waals surface area contributed by atoms with Crippen molar-refractivity contribution < 1.29 is 0 Å². The number of rotatable bonds is 2. The Morgan fingerprint density at radius 3 is 2.59 bits per heavy atom. The first-order valence-corrected chi connectivity index (χ1v) is 7.19. The maximum Gasteiger partial charge on any atom is 0.0670 e. The van der Waals surface area contributed by atoms with E-state index in [9.17, 15) is 0 Å². The number of aromatic nitrogens is 2. The number of nitrogens with zero attached hydrogens (tertiary/aromatic N) is 3. The normalized spacial score (nSPS) is 31.4. The summed E-state index contributed by atoms with van der Waals surface area (Å²) in [6.07, 6.45) is 6.52. The fourth-order valence-electron chi connectivity index (χ4n) is 3.61. The summed E-state index contributed by atoms with van der Waals surface area (Å²) < 4.78 is 2.42. The predicted molar refractivity (Wildman–Crippen MR) is 67.1 cm³/mol. The Hall–Kier alpha value is -0.830. The Balaban J connectivity index is 1.87. The Bertz CT molecular complexity index is 437. The van der Waals surface area contributed by atoms with Crippen LogP contribution in [0.3, 0.4) is 0 Å². The molecule has 3 aliphatic heterocycles. The first-order valence-electron chi connectivity index (χ1n) is 7.19. The lowest BCUT2D eigenvalue weighted by atomic mass is 9.93. The molecule has 4 aliphatic rings. The second-order valence-corrected chi connectivity index (χ2v) is 5.89. The van der Waals surface area contributed by atoms with Crippen LogP contribution in [0, 0.1) is 0 Å². The van der Waals surface area contributed by atoms with Crippen LogP contribution in [0.4, 0.5) is 0 Å². The fraction of sp³-hybridized carbons (Fsp3) is 0.786. The van der Waals surface area contributed by atoms with Crippen molar-refractivity contribution in [2.24, 2.45) is 0 Å². The molecule has 1 aliphatic carbocycles. The highest BCUT2D eigenvalue weighted by atomic mass is 15.3. The molecule has 17 heavy (non-hydrogen) atoms. The molecule has 0 radical (unpaired) electrons. The molecule has 3 heteroatoms. The third-order valence-corrected chi connectivity index (χ3v) is 4.72. The van der Waals surface area contributed by atoms with Crippen LogP contribution in [-0.2, 0) is 13.0 Å². The van der Waals surface area contributed by atoms with Crippen LogP contribution >= 0.6 is 0 Å². The van der Waals surface area contributed by atoms with E-state index in [1.54, 1.807) is 11.3 Å². The molecule has 0 spiro atoms. The molecule has 0 aromatic carbocycles. The monoisotopic (exact) mass is 231 g/mol. The van der Waals surface area contributed by atoms with E-state index in [2.05, 4.69) is 16.5 Å². The van der Waals surface area contributed by atoms with Gasteiger partial charge in [0.25, 0.3) is 0 Å². The van der Waals surface area contributed by atoms with Gasteiger partial charge in [-0.05, 0) is 45.2 Å². The topological polar surface area (TPSA) is 21.1 Å². The number of hydrogen-bond donors (Lipinski definition) is 0. The van der Waals surface area contributed by atoms with Crippen molar-refractivity contribution in [1.29, 1.82) is 0 Å². The third kappa shape index (κ3) is 1.48. The Labute approximate surface area is 103 Å². The number of aryl methyl sites for hydroxylation is 1. The Morgan fingerprint density at radius 2 is 1.94 bits per heavy atom. The van der Waals surface area contributed by atoms with Crippen LogP contribution in [0.5, 0.6) is 0 Å². The van der Waals surface area contributed by atoms with Crippen LogP contribution in [-0.4, -0.2) is 27.8 Å². The van der Waals surface area contributed by atoms with E-state index in [4.69, 9.17) is 5.10 Å². The highest BCUT2D eigenvalue weighted by Gasteiger charge is 2.37. The summed E-state index contributed by atoms with van der Waals surface area (Å²) in [4.78, 5) is 2.63. The summed E-state index contributed by atoms with van der Waals surface area (Å²) in [5.41, 5.74) is 4.61. The van der Waals surface area contributed by atoms with Gasteiger partial charge < -0.3 is 0 Å². The summed E-state index contributed by atoms with van der Waals surface area (Å²) in [6.45, 7) is 6.02. The lowest BCUT2D eigenvalue weighted by Crippen LogP contribution is -2.29. The summed E-state index contributed by atoms with van der Waals surface area (Å²) in [7, 11) is 0. The van der Waals surface area contributed by atoms with Crippen LogP contribution in [0.2, 0.25) is 0 Å². The predicted octanol–water partition coefficient (Wildman–Crippen LogP) is 2.47. The minimum atomic E-state index is 0.746. The highest BCUT2D eigenvalue weighted by molar-refractivity contribution is 5.32. The second kappa shape index (κ2) is 3.58. The minimum absolute atomic E-state index is 0.746. The molecule has 2 fully saturated rings. The van der Waals surface area contributed by atoms with Crippen molar-refractivity contribution in [3.05, 3.63) is 17.0 Å². The van der Waals surface area contributed by atoms with E-state index in [1.165, 1.54) is 51.0 Å². The average Bonchev–Trinajstić information content (AvgIpc) is 3.17. The molecule has 92 valence electrons. The Morgan fingerprint density at radius 1 is 1.18 bits per heavy atom. The molecule has 0 amide bonds. The molecule has 1 aromatic rings. The van der Waals surface area contributed by atoms with Crippen molar-refractivity contribution in [3.8, 4) is 0 Å². The molecule has 0 N–H and O–H groups in total. The number of piperidine rings is 1. The van der Waals surface area contributed by atoms with Crippen LogP contribution in [0.1, 0.15) is 61.5 Å². The van der Waals surface area contributed by atoms with Gasteiger partial charge in [-0.25, -0.2) is 0 Å². The lowest BCUT2D eigenvalue weighted by molar-refractivity contribution is 0.217. The summed E-state index contributed by atoms with van der Waals surface area (Å²) >= 11 is 0. The van der Waals surface area contributed by atoms with Crippen molar-refractivity contribution in [1.82, 2.24) is 14.7 Å². The van der Waals surface area contributed by atoms with Gasteiger partial charge in [0.15, 0.2) is 0 Å². The van der Waals surface area contributed by atoms with Crippen LogP contribution in [0.15, 0.2) is 0 Å². The van der Waals surface area contributed by atoms with E-state index in [0.29, 0.717) is 0 Å². The third-order valence-electron chi connectivity index (χ3n) is 4.72. The van der Waals surface area contributed by atoms with Gasteiger partial charge >= 0.3 is 0 Å². The standard InChI is InChI=1S/C14H21N3/c1-2-13-12-9-16-7-5-10(6-8-16)14(12)17(15-13)11-3-4-11/h10-11H,2-9H2,1H3. The van der Waals surface area contributed by atoms with E-state index in [0.717, 1.165) is 18.4 Å². The zero-order valence-electron chi connectivity index (χ0n) is 10.7. The molecule has 1 aromatic heterocycles. The van der Waals surface area contributed by atoms with Gasteiger partial charge in [-0.15, -0.1) is 0 Å². The molecule has 5 rings (SSSR count). The quantitative estimate of drug-likeness (QED) is 0.779. The van der Waals surface area contributed by atoms with Crippen LogP contribution in [0.25, 0.3) is 0 Å². The molecule has 0 unspecified atom stereocenters. The second-order valence-electron chi connectivity index (χ2n) is 5.89. The highest BCUT2D eigenvalue weighted by Crippen LogP contribution is 2.43. The summed E-state index contributed by atoms with van der Waals surface area (Å²) in [5, 5.41) is 4.92. The maximum absolute atomic E-state index is 4.92. The molecule has 4 heterocycles. The smallest absolute Gasteiger partial charge is 0.0670 e. The van der Waals surface area contributed by atoms with E-state index in [-0.39, 0.29) is 0 Å². The number of fused-ring (bicyclic) bond motifs is 2. The largest absolute Gasteiger partial charge is 0.299 e. The first kappa shape index (κ1) is 10.1. The van der Waals surface area contributed by atoms with Gasteiger partial charge in [-0.1, -0.05) is 6.92 Å². The van der Waals surface area contributed by atoms with Gasteiger partial charge in [0.05, 0.1) is 11.7 Å². The minimum Gasteiger partial charge on any atom is -0.299 e. The molecule has 2 bridgehead atoms. The summed E-state index contributed by atoms with van der Waals surface area (Å²) in [5.74, 6) is 0.803. The molecular formula is C14H21N3. The average molecular weight is 231 g/mol. The van der Waals surface area contributed by atoms with E-state index < -0.39 is 0 Å². The zero-order chi connectivity index (χ0) is 11.4. The Kier molecular flexibility index (Phi) is 2.13. The molecule has 0 atom stereocenters. The SMILES string of the molecule is CCc1nn(C2CC2)c2c1CN1CCC2CC1. The van der Waals surface area contributed by atoms with Gasteiger partial charge in [0.1, 0.15) is 0 Å². The van der Waals surface area contributed by atoms with E-state index in [1.807, 2.05) is 0 Å². The van der Waals surface area contributed by atoms with Gasteiger partial charge in [0, 0.05) is 23.7 Å². The maximum atomic E-state index is 4.92. The van der Waals surface area contributed by atoms with Crippen molar-refractivity contribution >= 4 is 0 Å². The van der Waals surface area contributed by atoms with Gasteiger partial charge in [-0.2, -0.15) is 5.10 Å². The first-order chi connectivity index (χ1) is 8.36. The fourth-order valence-corrected chi connectivity index (χ4v) is 3.61. The number of hydrogen-bond acceptors (Lipinski definition) is 2.